The van der Waals surface area contributed by atoms with Gasteiger partial charge in [0.15, 0.2) is 0 Å². The first-order chi connectivity index (χ1) is 11.4. The van der Waals surface area contributed by atoms with Crippen LogP contribution < -0.4 is 10.9 Å². The number of aryl methyl sites for hydroxylation is 2. The fourth-order valence-corrected chi connectivity index (χ4v) is 2.77. The zero-order valence-corrected chi connectivity index (χ0v) is 13.3. The summed E-state index contributed by atoms with van der Waals surface area (Å²) in [5.41, 5.74) is 6.50. The van der Waals surface area contributed by atoms with Crippen LogP contribution in [0.25, 0.3) is 11.0 Å². The smallest absolute Gasteiger partial charge is 0.269 e. The zero-order valence-electron chi connectivity index (χ0n) is 13.3. The lowest BCUT2D eigenvalue weighted by molar-refractivity contribution is -0.497. The number of nitrogens with zero attached hydrogens (tertiary/aromatic N) is 3. The SMILES string of the molecule is CCn1c(C)nc2cc(C(=O)NNC(=O)C3CC3[N+](=O)[O-])ccc21. The topological polar surface area (TPSA) is 119 Å². The number of nitro groups is 1. The Bertz CT molecular complexity index is 844. The lowest BCUT2D eigenvalue weighted by Gasteiger charge is -2.07. The molecule has 2 aromatic rings. The summed E-state index contributed by atoms with van der Waals surface area (Å²) in [7, 11) is 0. The minimum Gasteiger partial charge on any atom is -0.329 e. The summed E-state index contributed by atoms with van der Waals surface area (Å²) < 4.78 is 2.03. The van der Waals surface area contributed by atoms with Gasteiger partial charge >= 0.3 is 0 Å². The highest BCUT2D eigenvalue weighted by atomic mass is 16.6. The van der Waals surface area contributed by atoms with E-state index in [0.29, 0.717) is 11.1 Å². The zero-order chi connectivity index (χ0) is 17.4. The molecule has 2 unspecified atom stereocenters. The molecule has 9 heteroatoms. The Morgan fingerprint density at radius 1 is 1.42 bits per heavy atom. The van der Waals surface area contributed by atoms with E-state index in [1.54, 1.807) is 18.2 Å². The first-order valence-electron chi connectivity index (χ1n) is 7.63. The van der Waals surface area contributed by atoms with E-state index < -0.39 is 28.7 Å². The van der Waals surface area contributed by atoms with Crippen molar-refractivity contribution in [3.8, 4) is 0 Å². The van der Waals surface area contributed by atoms with Crippen LogP contribution in [0.2, 0.25) is 0 Å². The minimum atomic E-state index is -0.848. The fourth-order valence-electron chi connectivity index (χ4n) is 2.77. The highest BCUT2D eigenvalue weighted by molar-refractivity contribution is 5.98. The number of carbonyl (C=O) groups is 2. The van der Waals surface area contributed by atoms with E-state index in [1.807, 2.05) is 18.4 Å². The molecule has 24 heavy (non-hydrogen) atoms. The molecule has 1 aliphatic rings. The standard InChI is InChI=1S/C15H17N5O4/c1-3-19-8(2)16-11-6-9(4-5-12(11)19)14(21)17-18-15(22)10-7-13(10)20(23)24/h4-6,10,13H,3,7H2,1-2H3,(H,17,21)(H,18,22). The maximum absolute atomic E-state index is 12.1. The van der Waals surface area contributed by atoms with E-state index in [4.69, 9.17) is 0 Å². The summed E-state index contributed by atoms with van der Waals surface area (Å²) in [6.45, 7) is 4.69. The molecule has 1 aliphatic carbocycles. The summed E-state index contributed by atoms with van der Waals surface area (Å²) in [5, 5.41) is 10.5. The van der Waals surface area contributed by atoms with Crippen molar-refractivity contribution >= 4 is 22.8 Å². The third-order valence-corrected chi connectivity index (χ3v) is 4.18. The number of benzene rings is 1. The number of carbonyl (C=O) groups excluding carboxylic acids is 2. The van der Waals surface area contributed by atoms with Gasteiger partial charge in [0.2, 0.25) is 11.9 Å². The Kier molecular flexibility index (Phi) is 3.92. The van der Waals surface area contributed by atoms with Crippen LogP contribution in [0.15, 0.2) is 18.2 Å². The van der Waals surface area contributed by atoms with E-state index in [2.05, 4.69) is 15.8 Å². The summed E-state index contributed by atoms with van der Waals surface area (Å²) in [4.78, 5) is 38.3. The van der Waals surface area contributed by atoms with Crippen LogP contribution in [0.1, 0.15) is 29.5 Å². The van der Waals surface area contributed by atoms with E-state index >= 15 is 0 Å². The quantitative estimate of drug-likeness (QED) is 0.634. The van der Waals surface area contributed by atoms with Crippen molar-refractivity contribution in [3.63, 3.8) is 0 Å². The molecule has 1 aromatic heterocycles. The molecule has 0 bridgehead atoms. The van der Waals surface area contributed by atoms with Crippen molar-refractivity contribution in [3.05, 3.63) is 39.7 Å². The van der Waals surface area contributed by atoms with Gasteiger partial charge in [-0.15, -0.1) is 0 Å². The molecule has 126 valence electrons. The second-order valence-corrected chi connectivity index (χ2v) is 5.75. The van der Waals surface area contributed by atoms with Gasteiger partial charge in [0.1, 0.15) is 11.7 Å². The maximum Gasteiger partial charge on any atom is 0.269 e. The highest BCUT2D eigenvalue weighted by Crippen LogP contribution is 2.32. The van der Waals surface area contributed by atoms with Gasteiger partial charge in [-0.25, -0.2) is 4.98 Å². The van der Waals surface area contributed by atoms with E-state index in [1.165, 1.54) is 0 Å². The molecule has 0 spiro atoms. The summed E-state index contributed by atoms with van der Waals surface area (Å²) in [6, 6.07) is 4.25. The van der Waals surface area contributed by atoms with Crippen molar-refractivity contribution in [2.24, 2.45) is 5.92 Å². The van der Waals surface area contributed by atoms with E-state index in [-0.39, 0.29) is 6.42 Å². The van der Waals surface area contributed by atoms with Crippen LogP contribution in [0.5, 0.6) is 0 Å². The molecule has 1 aromatic carbocycles. The lowest BCUT2D eigenvalue weighted by Crippen LogP contribution is -2.43. The fraction of sp³-hybridized carbons (Fsp3) is 0.400. The van der Waals surface area contributed by atoms with Crippen LogP contribution in [0, 0.1) is 23.0 Å². The van der Waals surface area contributed by atoms with Crippen LogP contribution >= 0.6 is 0 Å². The molecule has 3 rings (SSSR count). The number of fused-ring (bicyclic) bond motifs is 1. The summed E-state index contributed by atoms with van der Waals surface area (Å²) in [6.07, 6.45) is 0.203. The van der Waals surface area contributed by atoms with Gasteiger partial charge in [-0.3, -0.25) is 30.6 Å². The minimum absolute atomic E-state index is 0.203. The first-order valence-corrected chi connectivity index (χ1v) is 7.63. The third-order valence-electron chi connectivity index (χ3n) is 4.18. The Labute approximate surface area is 137 Å². The van der Waals surface area contributed by atoms with Crippen molar-refractivity contribution in [1.29, 1.82) is 0 Å². The largest absolute Gasteiger partial charge is 0.329 e. The van der Waals surface area contributed by atoms with Crippen molar-refractivity contribution in [1.82, 2.24) is 20.4 Å². The number of rotatable bonds is 4. The normalized spacial score (nSPS) is 19.1. The average molecular weight is 331 g/mol. The molecule has 9 nitrogen and oxygen atoms in total. The monoisotopic (exact) mass is 331 g/mol. The van der Waals surface area contributed by atoms with E-state index in [9.17, 15) is 19.7 Å². The molecule has 2 amide bonds. The van der Waals surface area contributed by atoms with Crippen molar-refractivity contribution in [2.45, 2.75) is 32.9 Å². The predicted molar refractivity (Wildman–Crippen MR) is 84.6 cm³/mol. The Balaban J connectivity index is 1.66. The number of imidazole rings is 1. The van der Waals surface area contributed by atoms with Crippen LogP contribution in [0.4, 0.5) is 0 Å². The Morgan fingerprint density at radius 3 is 2.79 bits per heavy atom. The molecule has 2 N–H and O–H groups in total. The van der Waals surface area contributed by atoms with Crippen molar-refractivity contribution < 1.29 is 14.5 Å². The number of hydrazine groups is 1. The first kappa shape index (κ1) is 15.9. The lowest BCUT2D eigenvalue weighted by atomic mass is 10.2. The molecule has 0 radical (unpaired) electrons. The number of hydrogen-bond donors (Lipinski definition) is 2. The summed E-state index contributed by atoms with van der Waals surface area (Å²) in [5.74, 6) is -0.854. The van der Waals surface area contributed by atoms with Gasteiger partial charge in [0, 0.05) is 23.5 Å². The average Bonchev–Trinajstić information content (AvgIpc) is 3.29. The van der Waals surface area contributed by atoms with Crippen LogP contribution in [0.3, 0.4) is 0 Å². The van der Waals surface area contributed by atoms with Gasteiger partial charge in [-0.1, -0.05) is 0 Å². The molecular weight excluding hydrogens is 314 g/mol. The van der Waals surface area contributed by atoms with Crippen LogP contribution in [-0.4, -0.2) is 32.3 Å². The maximum atomic E-state index is 12.1. The van der Waals surface area contributed by atoms with Crippen LogP contribution in [-0.2, 0) is 11.3 Å². The Hall–Kier alpha value is -2.97. The number of nitrogens with one attached hydrogen (secondary N) is 2. The molecule has 0 aliphatic heterocycles. The highest BCUT2D eigenvalue weighted by Gasteiger charge is 2.53. The molecule has 1 saturated carbocycles. The number of aromatic nitrogens is 2. The Morgan fingerprint density at radius 2 is 2.17 bits per heavy atom. The van der Waals surface area contributed by atoms with Gasteiger partial charge < -0.3 is 4.57 Å². The molecule has 1 heterocycles. The molecule has 0 saturated heterocycles. The van der Waals surface area contributed by atoms with Gasteiger partial charge in [0.25, 0.3) is 5.91 Å². The number of hydrogen-bond acceptors (Lipinski definition) is 5. The van der Waals surface area contributed by atoms with Gasteiger partial charge in [0.05, 0.1) is 11.0 Å². The molecule has 2 atom stereocenters. The second-order valence-electron chi connectivity index (χ2n) is 5.75. The molecular formula is C15H17N5O4. The third kappa shape index (κ3) is 2.80. The van der Waals surface area contributed by atoms with Gasteiger partial charge in [-0.2, -0.15) is 0 Å². The number of amides is 2. The van der Waals surface area contributed by atoms with Crippen molar-refractivity contribution in [2.75, 3.05) is 0 Å². The van der Waals surface area contributed by atoms with E-state index in [0.717, 1.165) is 17.9 Å². The molecule has 1 fully saturated rings. The second kappa shape index (κ2) is 5.91. The predicted octanol–water partition coefficient (Wildman–Crippen LogP) is 0.791. The summed E-state index contributed by atoms with van der Waals surface area (Å²) >= 11 is 0. The van der Waals surface area contributed by atoms with Gasteiger partial charge in [-0.05, 0) is 32.0 Å².